The van der Waals surface area contributed by atoms with Gasteiger partial charge in [-0.3, -0.25) is 9.59 Å². The third-order valence-electron chi connectivity index (χ3n) is 3.52. The number of hydrogen-bond acceptors (Lipinski definition) is 5. The summed E-state index contributed by atoms with van der Waals surface area (Å²) >= 11 is 0. The number of rotatable bonds is 5. The van der Waals surface area contributed by atoms with Crippen LogP contribution in [0.3, 0.4) is 0 Å². The zero-order valence-electron chi connectivity index (χ0n) is 12.3. The molecule has 0 aliphatic heterocycles. The van der Waals surface area contributed by atoms with E-state index >= 15 is 0 Å². The summed E-state index contributed by atoms with van der Waals surface area (Å²) in [5.74, 6) is -0.637. The van der Waals surface area contributed by atoms with Crippen LogP contribution in [0.4, 0.5) is 5.69 Å². The minimum absolute atomic E-state index is 0.0484. The molecular formula is C14H18N2O5S. The summed E-state index contributed by atoms with van der Waals surface area (Å²) < 4.78 is 27.3. The molecule has 3 N–H and O–H groups in total. The van der Waals surface area contributed by atoms with E-state index in [4.69, 9.17) is 9.88 Å². The summed E-state index contributed by atoms with van der Waals surface area (Å²) in [7, 11) is -3.77. The molecule has 0 radical (unpaired) electrons. The summed E-state index contributed by atoms with van der Waals surface area (Å²) in [4.78, 5) is 23.5. The van der Waals surface area contributed by atoms with Crippen molar-refractivity contribution in [3.05, 3.63) is 24.3 Å². The molecule has 0 bridgehead atoms. The quantitative estimate of drug-likeness (QED) is 0.779. The number of carbonyl (C=O) groups excluding carboxylic acids is 2. The van der Waals surface area contributed by atoms with Gasteiger partial charge in [-0.2, -0.15) is 0 Å². The number of hydrogen-bond donors (Lipinski definition) is 2. The van der Waals surface area contributed by atoms with Gasteiger partial charge >= 0.3 is 5.97 Å². The number of esters is 1. The van der Waals surface area contributed by atoms with Crippen LogP contribution in [0.25, 0.3) is 0 Å². The normalized spacial score (nSPS) is 21.8. The van der Waals surface area contributed by atoms with Crippen molar-refractivity contribution in [3.8, 4) is 0 Å². The Balaban J connectivity index is 1.92. The molecule has 1 aliphatic carbocycles. The number of ether oxygens (including phenoxy) is 1. The highest BCUT2D eigenvalue weighted by Gasteiger charge is 2.41. The van der Waals surface area contributed by atoms with Crippen LogP contribution in [0.2, 0.25) is 0 Å². The maximum Gasteiger partial charge on any atom is 0.309 e. The fourth-order valence-corrected chi connectivity index (χ4v) is 2.45. The number of anilines is 1. The van der Waals surface area contributed by atoms with Crippen molar-refractivity contribution >= 4 is 27.6 Å². The molecule has 1 aromatic rings. The van der Waals surface area contributed by atoms with Gasteiger partial charge in [-0.25, -0.2) is 13.6 Å². The second kappa shape index (κ2) is 6.05. The van der Waals surface area contributed by atoms with Crippen molar-refractivity contribution in [3.63, 3.8) is 0 Å². The molecule has 0 saturated heterocycles. The summed E-state index contributed by atoms with van der Waals surface area (Å²) in [6.07, 6.45) is -0.124. The molecule has 1 aromatic carbocycles. The Kier molecular flexibility index (Phi) is 4.52. The van der Waals surface area contributed by atoms with Crippen LogP contribution in [0.5, 0.6) is 0 Å². The summed E-state index contributed by atoms with van der Waals surface area (Å²) in [5.41, 5.74) is 0.389. The molecule has 3 atom stereocenters. The molecule has 22 heavy (non-hydrogen) atoms. The highest BCUT2D eigenvalue weighted by Crippen LogP contribution is 2.38. The molecule has 0 aromatic heterocycles. The van der Waals surface area contributed by atoms with E-state index in [2.05, 4.69) is 5.32 Å². The van der Waals surface area contributed by atoms with E-state index in [0.29, 0.717) is 11.6 Å². The van der Waals surface area contributed by atoms with E-state index in [9.17, 15) is 18.0 Å². The minimum Gasteiger partial charge on any atom is -0.452 e. The van der Waals surface area contributed by atoms with Crippen molar-refractivity contribution in [1.82, 2.24) is 0 Å². The lowest BCUT2D eigenvalue weighted by molar-refractivity contribution is -0.154. The molecule has 0 spiro atoms. The number of nitrogens with two attached hydrogens (primary N) is 1. The van der Waals surface area contributed by atoms with Gasteiger partial charge in [-0.05, 0) is 43.5 Å². The Morgan fingerprint density at radius 2 is 1.86 bits per heavy atom. The van der Waals surface area contributed by atoms with E-state index in [1.165, 1.54) is 31.2 Å². The van der Waals surface area contributed by atoms with E-state index in [-0.39, 0.29) is 16.8 Å². The first-order valence-electron chi connectivity index (χ1n) is 6.82. The van der Waals surface area contributed by atoms with Gasteiger partial charge in [0.15, 0.2) is 6.10 Å². The van der Waals surface area contributed by atoms with E-state index in [1.807, 2.05) is 6.92 Å². The van der Waals surface area contributed by atoms with Crippen LogP contribution in [-0.2, 0) is 24.3 Å². The molecule has 120 valence electrons. The number of sulfonamides is 1. The maximum atomic E-state index is 11.9. The molecule has 2 rings (SSSR count). The Hall–Kier alpha value is -1.93. The SMILES string of the molecule is C[C@H](OC(=O)[C@H]1C[C@@H]1C)C(=O)Nc1ccc(S(N)(=O)=O)cc1. The largest absolute Gasteiger partial charge is 0.452 e. The van der Waals surface area contributed by atoms with Crippen LogP contribution in [0.15, 0.2) is 29.2 Å². The molecule has 8 heteroatoms. The Labute approximate surface area is 128 Å². The van der Waals surface area contributed by atoms with Crippen LogP contribution in [0, 0.1) is 11.8 Å². The second-order valence-corrected chi connectivity index (χ2v) is 7.02. The van der Waals surface area contributed by atoms with Gasteiger partial charge in [0, 0.05) is 5.69 Å². The van der Waals surface area contributed by atoms with Crippen molar-refractivity contribution in [2.75, 3.05) is 5.32 Å². The van der Waals surface area contributed by atoms with E-state index < -0.39 is 22.0 Å². The number of amides is 1. The standard InChI is InChI=1S/C14H18N2O5S/c1-8-7-12(8)14(18)21-9(2)13(17)16-10-3-5-11(6-4-10)22(15,19)20/h3-6,8-9,12H,7H2,1-2H3,(H,16,17)(H2,15,19,20)/t8-,9-,12-/m0/s1. The molecule has 1 saturated carbocycles. The second-order valence-electron chi connectivity index (χ2n) is 5.46. The van der Waals surface area contributed by atoms with Gasteiger partial charge in [-0.15, -0.1) is 0 Å². The predicted molar refractivity (Wildman–Crippen MR) is 79.3 cm³/mol. The monoisotopic (exact) mass is 326 g/mol. The van der Waals surface area contributed by atoms with Gasteiger partial charge < -0.3 is 10.1 Å². The first-order valence-corrected chi connectivity index (χ1v) is 8.37. The number of benzene rings is 1. The average Bonchev–Trinajstić information content (AvgIpc) is 3.15. The zero-order valence-corrected chi connectivity index (χ0v) is 13.1. The molecular weight excluding hydrogens is 308 g/mol. The lowest BCUT2D eigenvalue weighted by Crippen LogP contribution is -2.30. The highest BCUT2D eigenvalue weighted by molar-refractivity contribution is 7.89. The smallest absolute Gasteiger partial charge is 0.309 e. The third-order valence-corrected chi connectivity index (χ3v) is 4.45. The predicted octanol–water partition coefficient (Wildman–Crippen LogP) is 0.860. The van der Waals surface area contributed by atoms with Gasteiger partial charge in [0.25, 0.3) is 5.91 Å². The third kappa shape index (κ3) is 4.05. The maximum absolute atomic E-state index is 11.9. The van der Waals surface area contributed by atoms with Gasteiger partial charge in [-0.1, -0.05) is 6.92 Å². The molecule has 0 unspecified atom stereocenters. The minimum atomic E-state index is -3.77. The Morgan fingerprint density at radius 3 is 2.32 bits per heavy atom. The van der Waals surface area contributed by atoms with Crippen molar-refractivity contribution in [2.24, 2.45) is 17.0 Å². The van der Waals surface area contributed by atoms with E-state index in [1.54, 1.807) is 0 Å². The highest BCUT2D eigenvalue weighted by atomic mass is 32.2. The summed E-state index contributed by atoms with van der Waals surface area (Å²) in [6.45, 7) is 3.43. The fourth-order valence-electron chi connectivity index (χ4n) is 1.94. The van der Waals surface area contributed by atoms with Crippen molar-refractivity contribution in [1.29, 1.82) is 0 Å². The molecule has 1 amide bonds. The van der Waals surface area contributed by atoms with Crippen molar-refractivity contribution in [2.45, 2.75) is 31.3 Å². The van der Waals surface area contributed by atoms with Gasteiger partial charge in [0.1, 0.15) is 0 Å². The van der Waals surface area contributed by atoms with Gasteiger partial charge in [0.05, 0.1) is 10.8 Å². The van der Waals surface area contributed by atoms with Crippen LogP contribution in [0.1, 0.15) is 20.3 Å². The molecule has 7 nitrogen and oxygen atoms in total. The number of carbonyl (C=O) groups is 2. The topological polar surface area (TPSA) is 116 Å². The molecule has 0 heterocycles. The van der Waals surface area contributed by atoms with Gasteiger partial charge in [0.2, 0.25) is 10.0 Å². The fraction of sp³-hybridized carbons (Fsp3) is 0.429. The molecule has 1 aliphatic rings. The Bertz CT molecular complexity index is 684. The summed E-state index contributed by atoms with van der Waals surface area (Å²) in [5, 5.41) is 7.53. The van der Waals surface area contributed by atoms with Crippen LogP contribution in [-0.4, -0.2) is 26.4 Å². The first-order chi connectivity index (χ1) is 10.2. The Morgan fingerprint density at radius 1 is 1.32 bits per heavy atom. The lowest BCUT2D eigenvalue weighted by Gasteiger charge is -2.13. The zero-order chi connectivity index (χ0) is 16.5. The number of primary sulfonamides is 1. The number of nitrogens with one attached hydrogen (secondary N) is 1. The van der Waals surface area contributed by atoms with Crippen molar-refractivity contribution < 1.29 is 22.7 Å². The van der Waals surface area contributed by atoms with E-state index in [0.717, 1.165) is 6.42 Å². The average molecular weight is 326 g/mol. The lowest BCUT2D eigenvalue weighted by atomic mass is 10.3. The first kappa shape index (κ1) is 16.4. The molecule has 1 fully saturated rings. The van der Waals surface area contributed by atoms with Crippen LogP contribution >= 0.6 is 0 Å². The summed E-state index contributed by atoms with van der Waals surface area (Å²) in [6, 6.07) is 5.39. The van der Waals surface area contributed by atoms with Crippen LogP contribution < -0.4 is 10.5 Å².